The molecule has 0 aliphatic heterocycles. The first-order valence-corrected chi connectivity index (χ1v) is 5.74. The number of hydrogen-bond donors (Lipinski definition) is 1. The Morgan fingerprint density at radius 1 is 1.15 bits per heavy atom. The van der Waals surface area contributed by atoms with Crippen molar-refractivity contribution in [2.45, 2.75) is 51.5 Å². The topological polar surface area (TPSA) is 21.3 Å². The number of ether oxygens (including phenoxy) is 1. The van der Waals surface area contributed by atoms with Crippen LogP contribution in [0.5, 0.6) is 0 Å². The fourth-order valence-corrected chi connectivity index (χ4v) is 1.89. The summed E-state index contributed by atoms with van der Waals surface area (Å²) in [5.41, 5.74) is 0. The van der Waals surface area contributed by atoms with Gasteiger partial charge in [0.25, 0.3) is 0 Å². The van der Waals surface area contributed by atoms with Crippen LogP contribution in [0.15, 0.2) is 0 Å². The van der Waals surface area contributed by atoms with Gasteiger partial charge in [0.1, 0.15) is 0 Å². The fraction of sp³-hybridized carbons (Fsp3) is 1.00. The molecule has 1 fully saturated rings. The van der Waals surface area contributed by atoms with Gasteiger partial charge >= 0.3 is 0 Å². The van der Waals surface area contributed by atoms with Crippen LogP contribution in [0.4, 0.5) is 0 Å². The zero-order valence-electron chi connectivity index (χ0n) is 8.85. The molecule has 78 valence electrons. The van der Waals surface area contributed by atoms with Gasteiger partial charge in [0, 0.05) is 19.2 Å². The van der Waals surface area contributed by atoms with Crippen LogP contribution in [0.3, 0.4) is 0 Å². The van der Waals surface area contributed by atoms with Gasteiger partial charge in [-0.15, -0.1) is 0 Å². The van der Waals surface area contributed by atoms with E-state index in [0.29, 0.717) is 0 Å². The largest absolute Gasteiger partial charge is 0.380 e. The van der Waals surface area contributed by atoms with E-state index in [9.17, 15) is 0 Å². The molecule has 1 saturated carbocycles. The summed E-state index contributed by atoms with van der Waals surface area (Å²) in [5, 5.41) is 3.56. The van der Waals surface area contributed by atoms with E-state index in [1.807, 2.05) is 0 Å². The molecule has 0 amide bonds. The molecule has 1 aliphatic carbocycles. The average Bonchev–Trinajstić information content (AvgIpc) is 2.19. The standard InChI is InChI=1S/C11H23NO/c1-2-9-13-10-8-12-11-6-4-3-5-7-11/h11-12H,2-10H2,1H3. The van der Waals surface area contributed by atoms with Crippen LogP contribution in [0.2, 0.25) is 0 Å². The molecule has 0 spiro atoms. The Balaban J connectivity index is 1.86. The molecule has 1 rings (SSSR count). The molecule has 13 heavy (non-hydrogen) atoms. The minimum Gasteiger partial charge on any atom is -0.380 e. The molecule has 0 atom stereocenters. The molecule has 2 heteroatoms. The van der Waals surface area contributed by atoms with Gasteiger partial charge in [-0.25, -0.2) is 0 Å². The molecule has 1 aliphatic rings. The Kier molecular flexibility index (Phi) is 6.21. The van der Waals surface area contributed by atoms with E-state index < -0.39 is 0 Å². The SMILES string of the molecule is CCCOCCNC1CCCCC1. The highest BCUT2D eigenvalue weighted by molar-refractivity contribution is 4.71. The van der Waals surface area contributed by atoms with Gasteiger partial charge in [-0.1, -0.05) is 26.2 Å². The summed E-state index contributed by atoms with van der Waals surface area (Å²) in [4.78, 5) is 0. The summed E-state index contributed by atoms with van der Waals surface area (Å²) in [6.45, 7) is 4.97. The van der Waals surface area contributed by atoms with Crippen LogP contribution >= 0.6 is 0 Å². The molecular weight excluding hydrogens is 162 g/mol. The zero-order valence-corrected chi connectivity index (χ0v) is 8.85. The van der Waals surface area contributed by atoms with Crippen molar-refractivity contribution in [3.8, 4) is 0 Å². The first kappa shape index (κ1) is 11.0. The first-order chi connectivity index (χ1) is 6.43. The van der Waals surface area contributed by atoms with Gasteiger partial charge in [-0.3, -0.25) is 0 Å². The van der Waals surface area contributed by atoms with Gasteiger partial charge in [-0.05, 0) is 19.3 Å². The third kappa shape index (κ3) is 5.27. The summed E-state index contributed by atoms with van der Waals surface area (Å²) < 4.78 is 5.41. The maximum Gasteiger partial charge on any atom is 0.0590 e. The van der Waals surface area contributed by atoms with Gasteiger partial charge in [0.2, 0.25) is 0 Å². The molecule has 0 aromatic heterocycles. The molecule has 1 N–H and O–H groups in total. The minimum absolute atomic E-state index is 0.777. The maximum absolute atomic E-state index is 5.41. The molecule has 0 unspecified atom stereocenters. The molecule has 0 heterocycles. The smallest absolute Gasteiger partial charge is 0.0590 e. The van der Waals surface area contributed by atoms with Crippen molar-refractivity contribution in [3.63, 3.8) is 0 Å². The highest BCUT2D eigenvalue weighted by Gasteiger charge is 2.11. The Hall–Kier alpha value is -0.0800. The lowest BCUT2D eigenvalue weighted by Crippen LogP contribution is -2.33. The maximum atomic E-state index is 5.41. The Morgan fingerprint density at radius 3 is 2.62 bits per heavy atom. The van der Waals surface area contributed by atoms with E-state index in [1.165, 1.54) is 32.1 Å². The Labute approximate surface area is 82.0 Å². The van der Waals surface area contributed by atoms with E-state index in [0.717, 1.165) is 32.2 Å². The second kappa shape index (κ2) is 7.34. The van der Waals surface area contributed by atoms with Crippen molar-refractivity contribution in [2.75, 3.05) is 19.8 Å². The van der Waals surface area contributed by atoms with Gasteiger partial charge in [-0.2, -0.15) is 0 Å². The third-order valence-electron chi connectivity index (χ3n) is 2.63. The quantitative estimate of drug-likeness (QED) is 0.641. The van der Waals surface area contributed by atoms with Crippen LogP contribution in [-0.2, 0) is 4.74 Å². The first-order valence-electron chi connectivity index (χ1n) is 5.74. The van der Waals surface area contributed by atoms with Crippen molar-refractivity contribution in [1.29, 1.82) is 0 Å². The molecule has 0 saturated heterocycles. The van der Waals surface area contributed by atoms with Crippen LogP contribution in [0.25, 0.3) is 0 Å². The summed E-state index contributed by atoms with van der Waals surface area (Å²) in [6, 6.07) is 0.777. The van der Waals surface area contributed by atoms with E-state index in [4.69, 9.17) is 4.74 Å². The highest BCUT2D eigenvalue weighted by Crippen LogP contribution is 2.16. The number of nitrogens with one attached hydrogen (secondary N) is 1. The predicted molar refractivity (Wildman–Crippen MR) is 56.0 cm³/mol. The lowest BCUT2D eigenvalue weighted by Gasteiger charge is -2.22. The van der Waals surface area contributed by atoms with Crippen LogP contribution in [0, 0.1) is 0 Å². The summed E-state index contributed by atoms with van der Waals surface area (Å²) in [7, 11) is 0. The highest BCUT2D eigenvalue weighted by atomic mass is 16.5. The van der Waals surface area contributed by atoms with Crippen molar-refractivity contribution in [1.82, 2.24) is 5.32 Å². The van der Waals surface area contributed by atoms with Gasteiger partial charge in [0.15, 0.2) is 0 Å². The fourth-order valence-electron chi connectivity index (χ4n) is 1.89. The van der Waals surface area contributed by atoms with Crippen molar-refractivity contribution < 1.29 is 4.74 Å². The Morgan fingerprint density at radius 2 is 1.92 bits per heavy atom. The van der Waals surface area contributed by atoms with E-state index >= 15 is 0 Å². The average molecular weight is 185 g/mol. The molecule has 0 aromatic rings. The number of rotatable bonds is 6. The second-order valence-corrected chi connectivity index (χ2v) is 3.90. The number of hydrogen-bond acceptors (Lipinski definition) is 2. The lowest BCUT2D eigenvalue weighted by molar-refractivity contribution is 0.132. The monoisotopic (exact) mass is 185 g/mol. The lowest BCUT2D eigenvalue weighted by atomic mass is 9.96. The van der Waals surface area contributed by atoms with Gasteiger partial charge in [0.05, 0.1) is 6.61 Å². The molecule has 0 radical (unpaired) electrons. The zero-order chi connectivity index (χ0) is 9.36. The van der Waals surface area contributed by atoms with Crippen LogP contribution in [0.1, 0.15) is 45.4 Å². The van der Waals surface area contributed by atoms with E-state index in [1.54, 1.807) is 0 Å². The van der Waals surface area contributed by atoms with Crippen molar-refractivity contribution >= 4 is 0 Å². The summed E-state index contributed by atoms with van der Waals surface area (Å²) in [5.74, 6) is 0. The van der Waals surface area contributed by atoms with Crippen LogP contribution in [-0.4, -0.2) is 25.8 Å². The van der Waals surface area contributed by atoms with Crippen molar-refractivity contribution in [3.05, 3.63) is 0 Å². The van der Waals surface area contributed by atoms with Crippen LogP contribution < -0.4 is 5.32 Å². The summed E-state index contributed by atoms with van der Waals surface area (Å²) >= 11 is 0. The molecule has 0 bridgehead atoms. The molecular formula is C11H23NO. The second-order valence-electron chi connectivity index (χ2n) is 3.90. The predicted octanol–water partition coefficient (Wildman–Crippen LogP) is 2.34. The van der Waals surface area contributed by atoms with Crippen molar-refractivity contribution in [2.24, 2.45) is 0 Å². The normalized spacial score (nSPS) is 19.2. The summed E-state index contributed by atoms with van der Waals surface area (Å²) in [6.07, 6.45) is 8.12. The van der Waals surface area contributed by atoms with E-state index in [2.05, 4.69) is 12.2 Å². The van der Waals surface area contributed by atoms with Gasteiger partial charge < -0.3 is 10.1 Å². The molecule has 0 aromatic carbocycles. The third-order valence-corrected chi connectivity index (χ3v) is 2.63. The molecule has 2 nitrogen and oxygen atoms in total. The van der Waals surface area contributed by atoms with E-state index in [-0.39, 0.29) is 0 Å². The Bertz CT molecular complexity index is 111. The minimum atomic E-state index is 0.777.